The lowest BCUT2D eigenvalue weighted by molar-refractivity contribution is -0.118. The summed E-state index contributed by atoms with van der Waals surface area (Å²) in [5.74, 6) is 0.00299. The smallest absolute Gasteiger partial charge is 0.244 e. The zero-order valence-corrected chi connectivity index (χ0v) is 9.69. The largest absolute Gasteiger partial charge is 0.383 e. The highest BCUT2D eigenvalue weighted by Crippen LogP contribution is 2.06. The predicted octanol–water partition coefficient (Wildman–Crippen LogP) is 0.151. The van der Waals surface area contributed by atoms with Crippen LogP contribution in [0.1, 0.15) is 0 Å². The van der Waals surface area contributed by atoms with E-state index in [9.17, 15) is 4.79 Å². The molecule has 0 saturated carbocycles. The second-order valence-electron chi connectivity index (χ2n) is 2.78. The number of halogens is 1. The summed E-state index contributed by atoms with van der Waals surface area (Å²) in [7, 11) is 1.48. The number of amides is 1. The number of carbonyl (C=O) groups is 1. The second kappa shape index (κ2) is 5.74. The minimum Gasteiger partial charge on any atom is -0.383 e. The van der Waals surface area contributed by atoms with Crippen molar-refractivity contribution in [3.8, 4) is 0 Å². The molecule has 1 atom stereocenters. The standard InChI is InChI=1S/C8H11BrN4O2/c1-15-4-5(10)8(14)13-7-3-11-6(9)2-12-7/h2-3,5H,4,10H2,1H3,(H,12,13,14). The number of anilines is 1. The number of rotatable bonds is 4. The molecule has 1 aromatic heterocycles. The summed E-state index contributed by atoms with van der Waals surface area (Å²) in [6.45, 7) is 0.162. The van der Waals surface area contributed by atoms with E-state index >= 15 is 0 Å². The summed E-state index contributed by atoms with van der Waals surface area (Å²) < 4.78 is 5.35. The maximum Gasteiger partial charge on any atom is 0.244 e. The van der Waals surface area contributed by atoms with E-state index in [1.165, 1.54) is 19.5 Å². The van der Waals surface area contributed by atoms with Crippen molar-refractivity contribution in [2.75, 3.05) is 19.0 Å². The third-order valence-electron chi connectivity index (χ3n) is 1.55. The first-order chi connectivity index (χ1) is 7.13. The molecular formula is C8H11BrN4O2. The molecule has 3 N–H and O–H groups in total. The molecule has 1 heterocycles. The number of nitrogens with zero attached hydrogens (tertiary/aromatic N) is 2. The van der Waals surface area contributed by atoms with Gasteiger partial charge in [0.25, 0.3) is 0 Å². The molecule has 82 valence electrons. The van der Waals surface area contributed by atoms with Gasteiger partial charge in [0.15, 0.2) is 5.82 Å². The van der Waals surface area contributed by atoms with Crippen molar-refractivity contribution in [2.45, 2.75) is 6.04 Å². The summed E-state index contributed by atoms with van der Waals surface area (Å²) in [6, 6.07) is -0.708. The van der Waals surface area contributed by atoms with Crippen LogP contribution < -0.4 is 11.1 Å². The maximum atomic E-state index is 11.4. The van der Waals surface area contributed by atoms with Gasteiger partial charge < -0.3 is 15.8 Å². The number of methoxy groups -OCH3 is 1. The minimum atomic E-state index is -0.708. The Balaban J connectivity index is 2.54. The Morgan fingerprint density at radius 3 is 2.93 bits per heavy atom. The van der Waals surface area contributed by atoms with Gasteiger partial charge in [-0.3, -0.25) is 4.79 Å². The molecule has 0 spiro atoms. The van der Waals surface area contributed by atoms with Gasteiger partial charge >= 0.3 is 0 Å². The Bertz CT molecular complexity index is 330. The Morgan fingerprint density at radius 1 is 1.67 bits per heavy atom. The van der Waals surface area contributed by atoms with Crippen molar-refractivity contribution in [3.05, 3.63) is 17.0 Å². The summed E-state index contributed by atoms with van der Waals surface area (Å²) in [5.41, 5.74) is 5.51. The first-order valence-corrected chi connectivity index (χ1v) is 4.95. The van der Waals surface area contributed by atoms with E-state index in [2.05, 4.69) is 31.2 Å². The lowest BCUT2D eigenvalue weighted by Crippen LogP contribution is -2.39. The molecule has 1 aromatic rings. The summed E-state index contributed by atoms with van der Waals surface area (Å²) in [4.78, 5) is 19.2. The Hall–Kier alpha value is -1.05. The minimum absolute atomic E-state index is 0.162. The zero-order valence-electron chi connectivity index (χ0n) is 8.11. The van der Waals surface area contributed by atoms with Gasteiger partial charge in [0.05, 0.1) is 19.0 Å². The van der Waals surface area contributed by atoms with Crippen molar-refractivity contribution in [3.63, 3.8) is 0 Å². The van der Waals surface area contributed by atoms with Gasteiger partial charge in [-0.1, -0.05) is 0 Å². The monoisotopic (exact) mass is 274 g/mol. The van der Waals surface area contributed by atoms with Crippen molar-refractivity contribution in [2.24, 2.45) is 5.73 Å². The van der Waals surface area contributed by atoms with Crippen LogP contribution in [0.25, 0.3) is 0 Å². The molecule has 0 radical (unpaired) electrons. The van der Waals surface area contributed by atoms with Crippen LogP contribution >= 0.6 is 15.9 Å². The molecule has 0 bridgehead atoms. The SMILES string of the molecule is COCC(N)C(=O)Nc1cnc(Br)cn1. The van der Waals surface area contributed by atoms with E-state index < -0.39 is 6.04 Å². The second-order valence-corrected chi connectivity index (χ2v) is 3.59. The molecule has 0 aliphatic rings. The van der Waals surface area contributed by atoms with Crippen molar-refractivity contribution >= 4 is 27.7 Å². The Morgan fingerprint density at radius 2 is 2.40 bits per heavy atom. The van der Waals surface area contributed by atoms with Gasteiger partial charge in [-0.25, -0.2) is 9.97 Å². The van der Waals surface area contributed by atoms with Crippen LogP contribution in [0.4, 0.5) is 5.82 Å². The predicted molar refractivity (Wildman–Crippen MR) is 58.2 cm³/mol. The third-order valence-corrected chi connectivity index (χ3v) is 1.96. The number of aromatic nitrogens is 2. The molecular weight excluding hydrogens is 264 g/mol. The topological polar surface area (TPSA) is 90.1 Å². The fourth-order valence-electron chi connectivity index (χ4n) is 0.851. The molecule has 0 aliphatic carbocycles. The quantitative estimate of drug-likeness (QED) is 0.816. The first kappa shape index (κ1) is 12.0. The number of ether oxygens (including phenoxy) is 1. The average Bonchev–Trinajstić information content (AvgIpc) is 2.22. The molecule has 1 amide bonds. The van der Waals surface area contributed by atoms with Gasteiger partial charge in [0.1, 0.15) is 10.6 Å². The molecule has 6 nitrogen and oxygen atoms in total. The fraction of sp³-hybridized carbons (Fsp3) is 0.375. The fourth-order valence-corrected chi connectivity index (χ4v) is 1.06. The Labute approximate surface area is 95.4 Å². The number of hydrogen-bond acceptors (Lipinski definition) is 5. The number of nitrogens with one attached hydrogen (secondary N) is 1. The normalized spacial score (nSPS) is 12.2. The van der Waals surface area contributed by atoms with Crippen LogP contribution in [0.15, 0.2) is 17.0 Å². The molecule has 0 fully saturated rings. The van der Waals surface area contributed by atoms with Gasteiger partial charge in [0.2, 0.25) is 5.91 Å². The first-order valence-electron chi connectivity index (χ1n) is 4.16. The third kappa shape index (κ3) is 3.90. The highest BCUT2D eigenvalue weighted by Gasteiger charge is 2.13. The molecule has 0 aromatic carbocycles. The van der Waals surface area contributed by atoms with Gasteiger partial charge in [0, 0.05) is 7.11 Å². The van der Waals surface area contributed by atoms with Crippen molar-refractivity contribution < 1.29 is 9.53 Å². The van der Waals surface area contributed by atoms with Gasteiger partial charge in [-0.05, 0) is 15.9 Å². The van der Waals surface area contributed by atoms with Crippen LogP contribution in [0.2, 0.25) is 0 Å². The van der Waals surface area contributed by atoms with E-state index in [4.69, 9.17) is 10.5 Å². The van der Waals surface area contributed by atoms with Gasteiger partial charge in [-0.2, -0.15) is 0 Å². The zero-order chi connectivity index (χ0) is 11.3. The molecule has 1 rings (SSSR count). The van der Waals surface area contributed by atoms with Crippen LogP contribution in [0.3, 0.4) is 0 Å². The number of hydrogen-bond donors (Lipinski definition) is 2. The Kier molecular flexibility index (Phi) is 4.60. The van der Waals surface area contributed by atoms with Crippen LogP contribution in [-0.4, -0.2) is 35.6 Å². The molecule has 1 unspecified atom stereocenters. The van der Waals surface area contributed by atoms with E-state index in [-0.39, 0.29) is 12.5 Å². The number of carbonyl (C=O) groups excluding carboxylic acids is 1. The lowest BCUT2D eigenvalue weighted by Gasteiger charge is -2.09. The van der Waals surface area contributed by atoms with E-state index in [0.717, 1.165) is 0 Å². The van der Waals surface area contributed by atoms with E-state index in [0.29, 0.717) is 10.4 Å². The van der Waals surface area contributed by atoms with E-state index in [1.54, 1.807) is 0 Å². The molecule has 7 heteroatoms. The maximum absolute atomic E-state index is 11.4. The van der Waals surface area contributed by atoms with Crippen LogP contribution in [-0.2, 0) is 9.53 Å². The van der Waals surface area contributed by atoms with E-state index in [1.807, 2.05) is 0 Å². The van der Waals surface area contributed by atoms with Crippen molar-refractivity contribution in [1.82, 2.24) is 9.97 Å². The van der Waals surface area contributed by atoms with Crippen molar-refractivity contribution in [1.29, 1.82) is 0 Å². The lowest BCUT2D eigenvalue weighted by atomic mass is 10.3. The van der Waals surface area contributed by atoms with Crippen LogP contribution in [0, 0.1) is 0 Å². The van der Waals surface area contributed by atoms with Gasteiger partial charge in [-0.15, -0.1) is 0 Å². The molecule has 0 saturated heterocycles. The molecule has 15 heavy (non-hydrogen) atoms. The summed E-state index contributed by atoms with van der Waals surface area (Å²) >= 11 is 3.13. The number of nitrogens with two attached hydrogens (primary N) is 1. The molecule has 0 aliphatic heterocycles. The average molecular weight is 275 g/mol. The summed E-state index contributed by atoms with van der Waals surface area (Å²) in [6.07, 6.45) is 2.92. The van der Waals surface area contributed by atoms with Crippen LogP contribution in [0.5, 0.6) is 0 Å². The highest BCUT2D eigenvalue weighted by atomic mass is 79.9. The highest BCUT2D eigenvalue weighted by molar-refractivity contribution is 9.10. The summed E-state index contributed by atoms with van der Waals surface area (Å²) in [5, 5.41) is 2.52.